The Morgan fingerprint density at radius 3 is 2.47 bits per heavy atom. The molecule has 0 radical (unpaired) electrons. The Labute approximate surface area is 196 Å². The van der Waals surface area contributed by atoms with Crippen LogP contribution in [0.3, 0.4) is 0 Å². The zero-order chi connectivity index (χ0) is 24.3. The van der Waals surface area contributed by atoms with Crippen LogP contribution in [-0.2, 0) is 16.6 Å². The van der Waals surface area contributed by atoms with Crippen molar-refractivity contribution in [1.82, 2.24) is 19.4 Å². The summed E-state index contributed by atoms with van der Waals surface area (Å²) in [6.07, 6.45) is 1.71. The molecule has 1 amide bonds. The lowest BCUT2D eigenvalue weighted by Gasteiger charge is -2.15. The first-order valence-electron chi connectivity index (χ1n) is 10.7. The molecule has 0 saturated carbocycles. The molecule has 2 N–H and O–H groups in total. The number of aromatic nitrogens is 2. The molecule has 1 fully saturated rings. The molecule has 0 atom stereocenters. The molecule has 0 unspecified atom stereocenters. The van der Waals surface area contributed by atoms with E-state index in [9.17, 15) is 23.1 Å². The number of amides is 1. The highest BCUT2D eigenvalue weighted by atomic mass is 32.2. The lowest BCUT2D eigenvalue weighted by molar-refractivity contribution is 0.0941. The number of aromatic hydroxyl groups is 1. The van der Waals surface area contributed by atoms with Crippen molar-refractivity contribution in [2.45, 2.75) is 24.3 Å². The summed E-state index contributed by atoms with van der Waals surface area (Å²) in [7, 11) is -2.07. The van der Waals surface area contributed by atoms with E-state index in [1.807, 2.05) is 0 Å². The molecule has 1 aromatic heterocycles. The second kappa shape index (κ2) is 9.65. The topological polar surface area (TPSA) is 131 Å². The molecule has 1 saturated heterocycles. The van der Waals surface area contributed by atoms with Crippen molar-refractivity contribution in [3.63, 3.8) is 0 Å². The number of carbonyl (C=O) groups is 1. The van der Waals surface area contributed by atoms with Gasteiger partial charge in [-0.3, -0.25) is 9.59 Å². The molecule has 1 aliphatic rings. The number of hydrogen-bond acceptors (Lipinski definition) is 7. The number of benzene rings is 2. The van der Waals surface area contributed by atoms with Gasteiger partial charge in [0.1, 0.15) is 11.4 Å². The number of para-hydroxylation sites is 2. The normalized spacial score (nSPS) is 14.1. The Bertz CT molecular complexity index is 1360. The van der Waals surface area contributed by atoms with Crippen LogP contribution in [0.15, 0.2) is 64.3 Å². The van der Waals surface area contributed by atoms with E-state index in [2.05, 4.69) is 10.4 Å². The zero-order valence-corrected chi connectivity index (χ0v) is 19.3. The summed E-state index contributed by atoms with van der Waals surface area (Å²) in [5.41, 5.74) is 0.0113. The lowest BCUT2D eigenvalue weighted by atomic mass is 10.2. The maximum atomic E-state index is 12.7. The number of nitrogens with zero attached hydrogens (tertiary/aromatic N) is 3. The zero-order valence-electron chi connectivity index (χ0n) is 18.5. The molecule has 178 valence electrons. The number of methoxy groups -OCH3 is 1. The third-order valence-corrected chi connectivity index (χ3v) is 7.43. The van der Waals surface area contributed by atoms with Gasteiger partial charge in [0.2, 0.25) is 10.0 Å². The van der Waals surface area contributed by atoms with Crippen LogP contribution in [0.25, 0.3) is 5.69 Å². The highest BCUT2D eigenvalue weighted by Crippen LogP contribution is 2.22. The van der Waals surface area contributed by atoms with E-state index in [1.165, 1.54) is 23.5 Å². The first-order chi connectivity index (χ1) is 16.3. The highest BCUT2D eigenvalue weighted by Gasteiger charge is 2.27. The molecule has 10 nitrogen and oxygen atoms in total. The number of rotatable bonds is 7. The first-order valence-corrected chi connectivity index (χ1v) is 12.1. The van der Waals surface area contributed by atoms with Crippen LogP contribution in [0.5, 0.6) is 11.5 Å². The summed E-state index contributed by atoms with van der Waals surface area (Å²) in [5.74, 6) is -0.881. The Hall–Kier alpha value is -3.70. The lowest BCUT2D eigenvalue weighted by Crippen LogP contribution is -2.29. The molecule has 2 heterocycles. The quantitative estimate of drug-likeness (QED) is 0.521. The van der Waals surface area contributed by atoms with Crippen molar-refractivity contribution in [2.24, 2.45) is 0 Å². The smallest absolute Gasteiger partial charge is 0.275 e. The van der Waals surface area contributed by atoms with Gasteiger partial charge < -0.3 is 15.2 Å². The van der Waals surface area contributed by atoms with E-state index in [1.54, 1.807) is 36.4 Å². The minimum atomic E-state index is -3.52. The molecule has 4 rings (SSSR count). The van der Waals surface area contributed by atoms with Crippen LogP contribution >= 0.6 is 0 Å². The van der Waals surface area contributed by atoms with E-state index in [-0.39, 0.29) is 17.1 Å². The molecular formula is C23H24N4O6S. The third kappa shape index (κ3) is 4.66. The molecule has 2 aromatic carbocycles. The number of hydrogen-bond donors (Lipinski definition) is 2. The second-order valence-corrected chi connectivity index (χ2v) is 9.68. The first kappa shape index (κ1) is 23.5. The Morgan fingerprint density at radius 2 is 1.79 bits per heavy atom. The van der Waals surface area contributed by atoms with E-state index in [0.717, 1.165) is 23.6 Å². The van der Waals surface area contributed by atoms with Crippen molar-refractivity contribution in [2.75, 3.05) is 20.2 Å². The molecule has 0 spiro atoms. The van der Waals surface area contributed by atoms with Gasteiger partial charge in [-0.15, -0.1) is 0 Å². The summed E-state index contributed by atoms with van der Waals surface area (Å²) in [4.78, 5) is 25.3. The van der Waals surface area contributed by atoms with Crippen molar-refractivity contribution in [1.29, 1.82) is 0 Å². The number of carbonyl (C=O) groups excluding carboxylic acids is 1. The third-order valence-electron chi connectivity index (χ3n) is 5.52. The Balaban J connectivity index is 1.51. The maximum Gasteiger partial charge on any atom is 0.275 e. The van der Waals surface area contributed by atoms with Gasteiger partial charge in [0.25, 0.3) is 11.5 Å². The molecule has 11 heteroatoms. The van der Waals surface area contributed by atoms with Crippen LogP contribution in [-0.4, -0.2) is 53.7 Å². The van der Waals surface area contributed by atoms with Crippen molar-refractivity contribution < 1.29 is 23.1 Å². The van der Waals surface area contributed by atoms with Crippen LogP contribution in [0.4, 0.5) is 0 Å². The summed E-state index contributed by atoms with van der Waals surface area (Å²) in [5, 5.41) is 16.8. The fourth-order valence-corrected chi connectivity index (χ4v) is 5.23. The van der Waals surface area contributed by atoms with Gasteiger partial charge in [-0.25, -0.2) is 8.42 Å². The van der Waals surface area contributed by atoms with Gasteiger partial charge in [-0.05, 0) is 42.7 Å². The van der Waals surface area contributed by atoms with Gasteiger partial charge in [0.15, 0.2) is 11.4 Å². The predicted molar refractivity (Wildman–Crippen MR) is 124 cm³/mol. The Kier molecular flexibility index (Phi) is 6.66. The standard InChI is InChI=1S/C23H24N4O6S/c1-33-20-7-3-2-6-18(20)27-21(29)14-19(28)22(25-27)23(30)24-15-16-8-10-17(11-9-16)34(31,32)26-12-4-5-13-26/h2-3,6-11,14,28H,4-5,12-13,15H2,1H3,(H,24,30). The molecule has 3 aromatic rings. The van der Waals surface area contributed by atoms with Gasteiger partial charge in [0.05, 0.1) is 12.0 Å². The predicted octanol–water partition coefficient (Wildman–Crippen LogP) is 1.66. The molecule has 34 heavy (non-hydrogen) atoms. The van der Waals surface area contributed by atoms with Crippen LogP contribution in [0.1, 0.15) is 28.9 Å². The van der Waals surface area contributed by atoms with Crippen molar-refractivity contribution in [3.8, 4) is 17.2 Å². The summed E-state index contributed by atoms with van der Waals surface area (Å²) in [6.45, 7) is 1.11. The molecule has 0 aliphatic carbocycles. The fourth-order valence-electron chi connectivity index (χ4n) is 3.71. The highest BCUT2D eigenvalue weighted by molar-refractivity contribution is 7.89. The van der Waals surface area contributed by atoms with Crippen LogP contribution in [0.2, 0.25) is 0 Å². The van der Waals surface area contributed by atoms with Crippen molar-refractivity contribution in [3.05, 3.63) is 76.2 Å². The SMILES string of the molecule is COc1ccccc1-n1nc(C(=O)NCc2ccc(S(=O)(=O)N3CCCC3)cc2)c(O)cc1=O. The van der Waals surface area contributed by atoms with Gasteiger partial charge in [-0.2, -0.15) is 14.1 Å². The largest absolute Gasteiger partial charge is 0.505 e. The molecular weight excluding hydrogens is 460 g/mol. The van der Waals surface area contributed by atoms with E-state index in [4.69, 9.17) is 4.74 Å². The maximum absolute atomic E-state index is 12.7. The van der Waals surface area contributed by atoms with E-state index in [0.29, 0.717) is 30.1 Å². The molecule has 1 aliphatic heterocycles. The fraction of sp³-hybridized carbons (Fsp3) is 0.261. The summed E-state index contributed by atoms with van der Waals surface area (Å²) < 4.78 is 33.0. The Morgan fingerprint density at radius 1 is 1.12 bits per heavy atom. The van der Waals surface area contributed by atoms with E-state index < -0.39 is 27.2 Å². The number of nitrogens with one attached hydrogen (secondary N) is 1. The average Bonchev–Trinajstić information content (AvgIpc) is 3.39. The van der Waals surface area contributed by atoms with E-state index >= 15 is 0 Å². The summed E-state index contributed by atoms with van der Waals surface area (Å²) >= 11 is 0. The van der Waals surface area contributed by atoms with Gasteiger partial charge >= 0.3 is 0 Å². The number of ether oxygens (including phenoxy) is 1. The minimum absolute atomic E-state index is 0.0672. The summed E-state index contributed by atoms with van der Waals surface area (Å²) in [6, 6.07) is 13.8. The van der Waals surface area contributed by atoms with Gasteiger partial charge in [0, 0.05) is 25.7 Å². The second-order valence-electron chi connectivity index (χ2n) is 7.74. The van der Waals surface area contributed by atoms with Crippen LogP contribution in [0, 0.1) is 0 Å². The van der Waals surface area contributed by atoms with Crippen molar-refractivity contribution >= 4 is 15.9 Å². The average molecular weight is 485 g/mol. The minimum Gasteiger partial charge on any atom is -0.505 e. The monoisotopic (exact) mass is 484 g/mol. The molecule has 0 bridgehead atoms. The van der Waals surface area contributed by atoms with Gasteiger partial charge in [-0.1, -0.05) is 24.3 Å². The number of sulfonamides is 1. The van der Waals surface area contributed by atoms with Crippen LogP contribution < -0.4 is 15.6 Å².